The van der Waals surface area contributed by atoms with E-state index in [2.05, 4.69) is 5.32 Å². The number of nitrogens with zero attached hydrogens (tertiary/aromatic N) is 1. The van der Waals surface area contributed by atoms with Crippen LogP contribution < -0.4 is 10.9 Å². The molecular formula is C9H12N2O4. The third-order valence-corrected chi connectivity index (χ3v) is 2.00. The number of aryl methyl sites for hydroxylation is 1. The lowest BCUT2D eigenvalue weighted by molar-refractivity contribution is -0.105. The number of carbonyl (C=O) groups is 1. The Bertz CT molecular complexity index is 436. The summed E-state index contributed by atoms with van der Waals surface area (Å²) in [6.45, 7) is 2.90. The first-order chi connectivity index (χ1) is 6.99. The van der Waals surface area contributed by atoms with Crippen molar-refractivity contribution in [3.05, 3.63) is 22.0 Å². The number of hydrogen-bond acceptors (Lipinski definition) is 4. The number of aliphatic hydroxyl groups is 1. The SMILES string of the molecule is Cc1cc(=O)n(C(C)O)c(O)c1NC=O. The minimum absolute atomic E-state index is 0.116. The Morgan fingerprint density at radius 3 is 2.67 bits per heavy atom. The molecule has 1 unspecified atom stereocenters. The van der Waals surface area contributed by atoms with Crippen LogP contribution in [0.25, 0.3) is 0 Å². The van der Waals surface area contributed by atoms with Gasteiger partial charge in [-0.2, -0.15) is 0 Å². The monoisotopic (exact) mass is 212 g/mol. The van der Waals surface area contributed by atoms with Gasteiger partial charge in [0.05, 0.1) is 0 Å². The molecule has 0 aliphatic carbocycles. The molecule has 1 atom stereocenters. The number of rotatable bonds is 3. The van der Waals surface area contributed by atoms with Crippen molar-refractivity contribution in [1.29, 1.82) is 0 Å². The fourth-order valence-corrected chi connectivity index (χ4v) is 1.33. The van der Waals surface area contributed by atoms with Gasteiger partial charge in [0, 0.05) is 6.07 Å². The molecule has 0 spiro atoms. The molecule has 1 aromatic heterocycles. The van der Waals surface area contributed by atoms with Crippen LogP contribution in [0.3, 0.4) is 0 Å². The molecule has 15 heavy (non-hydrogen) atoms. The summed E-state index contributed by atoms with van der Waals surface area (Å²) in [5, 5.41) is 21.2. The zero-order valence-corrected chi connectivity index (χ0v) is 8.39. The van der Waals surface area contributed by atoms with E-state index in [1.807, 2.05) is 0 Å². The van der Waals surface area contributed by atoms with Gasteiger partial charge in [-0.3, -0.25) is 14.2 Å². The number of carbonyl (C=O) groups excluding carboxylic acids is 1. The molecule has 3 N–H and O–H groups in total. The Morgan fingerprint density at radius 2 is 2.20 bits per heavy atom. The van der Waals surface area contributed by atoms with Crippen molar-refractivity contribution in [2.45, 2.75) is 20.1 Å². The summed E-state index contributed by atoms with van der Waals surface area (Å²) in [4.78, 5) is 21.7. The largest absolute Gasteiger partial charge is 0.493 e. The summed E-state index contributed by atoms with van der Waals surface area (Å²) in [6.07, 6.45) is -0.774. The highest BCUT2D eigenvalue weighted by Crippen LogP contribution is 2.25. The molecule has 0 fully saturated rings. The lowest BCUT2D eigenvalue weighted by Crippen LogP contribution is -2.23. The molecule has 1 rings (SSSR count). The second-order valence-corrected chi connectivity index (χ2v) is 3.13. The predicted molar refractivity (Wildman–Crippen MR) is 53.7 cm³/mol. The Kier molecular flexibility index (Phi) is 3.11. The van der Waals surface area contributed by atoms with Crippen molar-refractivity contribution < 1.29 is 15.0 Å². The molecule has 0 aromatic carbocycles. The molecule has 6 heteroatoms. The third-order valence-electron chi connectivity index (χ3n) is 2.00. The molecule has 1 heterocycles. The summed E-state index contributed by atoms with van der Waals surface area (Å²) >= 11 is 0. The molecule has 1 aromatic rings. The average Bonchev–Trinajstić information content (AvgIpc) is 2.11. The number of hydrogen-bond donors (Lipinski definition) is 3. The summed E-state index contributed by atoms with van der Waals surface area (Å²) in [6, 6.07) is 1.22. The topological polar surface area (TPSA) is 91.6 Å². The van der Waals surface area contributed by atoms with Gasteiger partial charge in [0.2, 0.25) is 12.3 Å². The van der Waals surface area contributed by atoms with Gasteiger partial charge in [0.1, 0.15) is 11.9 Å². The van der Waals surface area contributed by atoms with Crippen LogP contribution in [0, 0.1) is 6.92 Å². The maximum Gasteiger partial charge on any atom is 0.255 e. The number of nitrogens with one attached hydrogen (secondary N) is 1. The summed E-state index contributed by atoms with van der Waals surface area (Å²) < 4.78 is 0.777. The average molecular weight is 212 g/mol. The highest BCUT2D eigenvalue weighted by molar-refractivity contribution is 5.76. The fourth-order valence-electron chi connectivity index (χ4n) is 1.33. The number of aromatic nitrogens is 1. The van der Waals surface area contributed by atoms with Crippen LogP contribution in [0.1, 0.15) is 18.7 Å². The van der Waals surface area contributed by atoms with E-state index in [9.17, 15) is 19.8 Å². The van der Waals surface area contributed by atoms with Gasteiger partial charge in [0.15, 0.2) is 0 Å². The molecule has 0 aliphatic heterocycles. The van der Waals surface area contributed by atoms with Gasteiger partial charge >= 0.3 is 0 Å². The number of aliphatic hydroxyl groups excluding tert-OH is 1. The van der Waals surface area contributed by atoms with Crippen molar-refractivity contribution in [3.63, 3.8) is 0 Å². The standard InChI is InChI=1S/C9H12N2O4/c1-5-3-7(14)11(6(2)13)9(15)8(5)10-4-12/h3-4,6,13,15H,1-2H3,(H,10,12). The first kappa shape index (κ1) is 11.3. The zero-order valence-electron chi connectivity index (χ0n) is 8.39. The molecule has 0 saturated carbocycles. The van der Waals surface area contributed by atoms with Crippen LogP contribution >= 0.6 is 0 Å². The van der Waals surface area contributed by atoms with Crippen molar-refractivity contribution in [1.82, 2.24) is 4.57 Å². The maximum atomic E-state index is 11.4. The van der Waals surface area contributed by atoms with E-state index in [4.69, 9.17) is 0 Å². The predicted octanol–water partition coefficient (Wildman–Crippen LogP) is -0.0586. The Balaban J connectivity index is 3.48. The van der Waals surface area contributed by atoms with E-state index in [1.165, 1.54) is 13.0 Å². The van der Waals surface area contributed by atoms with E-state index >= 15 is 0 Å². The molecule has 0 radical (unpaired) electrons. The van der Waals surface area contributed by atoms with Gasteiger partial charge in [-0.1, -0.05) is 0 Å². The van der Waals surface area contributed by atoms with Crippen molar-refractivity contribution >= 4 is 12.1 Å². The van der Waals surface area contributed by atoms with Crippen LogP contribution in [0.15, 0.2) is 10.9 Å². The van der Waals surface area contributed by atoms with Gasteiger partial charge in [-0.05, 0) is 19.4 Å². The summed E-state index contributed by atoms with van der Waals surface area (Å²) in [7, 11) is 0. The quantitative estimate of drug-likeness (QED) is 0.612. The van der Waals surface area contributed by atoms with E-state index in [-0.39, 0.29) is 5.69 Å². The number of amides is 1. The van der Waals surface area contributed by atoms with Gasteiger partial charge in [0.25, 0.3) is 5.56 Å². The molecule has 0 aliphatic rings. The molecule has 1 amide bonds. The van der Waals surface area contributed by atoms with Gasteiger partial charge in [-0.15, -0.1) is 0 Å². The normalized spacial score (nSPS) is 12.2. The van der Waals surface area contributed by atoms with E-state index in [0.29, 0.717) is 12.0 Å². The van der Waals surface area contributed by atoms with E-state index in [0.717, 1.165) is 4.57 Å². The first-order valence-electron chi connectivity index (χ1n) is 4.32. The van der Waals surface area contributed by atoms with Gasteiger partial charge in [-0.25, -0.2) is 0 Å². The highest BCUT2D eigenvalue weighted by atomic mass is 16.3. The first-order valence-corrected chi connectivity index (χ1v) is 4.32. The smallest absolute Gasteiger partial charge is 0.255 e. The number of anilines is 1. The summed E-state index contributed by atoms with van der Waals surface area (Å²) in [5.74, 6) is -0.456. The third kappa shape index (κ3) is 1.99. The fraction of sp³-hybridized carbons (Fsp3) is 0.333. The van der Waals surface area contributed by atoms with Crippen molar-refractivity contribution in [2.75, 3.05) is 5.32 Å². The number of aromatic hydroxyl groups is 1. The van der Waals surface area contributed by atoms with Crippen LogP contribution in [0.2, 0.25) is 0 Å². The minimum Gasteiger partial charge on any atom is -0.493 e. The Labute approximate surface area is 85.8 Å². The Hall–Kier alpha value is -1.82. The maximum absolute atomic E-state index is 11.4. The lowest BCUT2D eigenvalue weighted by Gasteiger charge is -2.15. The Morgan fingerprint density at radius 1 is 1.60 bits per heavy atom. The van der Waals surface area contributed by atoms with Crippen molar-refractivity contribution in [3.8, 4) is 5.88 Å². The van der Waals surface area contributed by atoms with Gasteiger partial charge < -0.3 is 15.5 Å². The van der Waals surface area contributed by atoms with Crippen LogP contribution in [-0.2, 0) is 4.79 Å². The summed E-state index contributed by atoms with van der Waals surface area (Å²) in [5.41, 5.74) is 0.0171. The van der Waals surface area contributed by atoms with E-state index in [1.54, 1.807) is 6.92 Å². The second kappa shape index (κ2) is 4.14. The van der Waals surface area contributed by atoms with Crippen LogP contribution in [-0.4, -0.2) is 21.2 Å². The van der Waals surface area contributed by atoms with Crippen LogP contribution in [0.4, 0.5) is 5.69 Å². The lowest BCUT2D eigenvalue weighted by atomic mass is 10.2. The zero-order chi connectivity index (χ0) is 11.6. The van der Waals surface area contributed by atoms with E-state index < -0.39 is 17.7 Å². The van der Waals surface area contributed by atoms with Crippen LogP contribution in [0.5, 0.6) is 5.88 Å². The molecule has 0 bridgehead atoms. The van der Waals surface area contributed by atoms with Crippen molar-refractivity contribution in [2.24, 2.45) is 0 Å². The number of pyridine rings is 1. The minimum atomic E-state index is -1.16. The molecular weight excluding hydrogens is 200 g/mol. The molecule has 0 saturated heterocycles. The highest BCUT2D eigenvalue weighted by Gasteiger charge is 2.14. The molecule has 82 valence electrons. The molecule has 6 nitrogen and oxygen atoms in total. The second-order valence-electron chi connectivity index (χ2n) is 3.13.